The van der Waals surface area contributed by atoms with Crippen molar-refractivity contribution in [1.29, 1.82) is 0 Å². The normalized spacial score (nSPS) is 16.8. The number of benzene rings is 1. The fraction of sp³-hybridized carbons (Fsp3) is 0.444. The molecule has 3 amide bonds. The predicted molar refractivity (Wildman–Crippen MR) is 145 cm³/mol. The molecule has 200 valence electrons. The maximum Gasteiger partial charge on any atom is 0.317 e. The number of hydrogen-bond acceptors (Lipinski definition) is 6. The summed E-state index contributed by atoms with van der Waals surface area (Å²) in [5.74, 6) is 0.929. The van der Waals surface area contributed by atoms with E-state index in [1.807, 2.05) is 11.8 Å². The van der Waals surface area contributed by atoms with Crippen molar-refractivity contribution in [2.24, 2.45) is 0 Å². The van der Waals surface area contributed by atoms with E-state index in [0.717, 1.165) is 24.8 Å². The van der Waals surface area contributed by atoms with Gasteiger partial charge in [-0.3, -0.25) is 9.36 Å². The Morgan fingerprint density at radius 1 is 1.11 bits per heavy atom. The Labute approximate surface area is 227 Å². The van der Waals surface area contributed by atoms with Crippen LogP contribution in [0, 0.1) is 0 Å². The molecule has 1 fully saturated rings. The molecule has 2 aliphatic rings. The molecule has 1 aliphatic carbocycles. The Kier molecular flexibility index (Phi) is 8.07. The van der Waals surface area contributed by atoms with Gasteiger partial charge in [0.2, 0.25) is 11.9 Å². The molecule has 2 N–H and O–H groups in total. The minimum absolute atomic E-state index is 0.0775. The molecule has 3 aromatic rings. The van der Waals surface area contributed by atoms with Gasteiger partial charge in [-0.2, -0.15) is 4.98 Å². The first-order valence-corrected chi connectivity index (χ1v) is 13.6. The zero-order chi connectivity index (χ0) is 26.5. The number of hydrogen-bond donors (Lipinski definition) is 2. The van der Waals surface area contributed by atoms with Gasteiger partial charge in [-0.1, -0.05) is 36.7 Å². The molecule has 10 nitrogen and oxygen atoms in total. The van der Waals surface area contributed by atoms with Crippen molar-refractivity contribution < 1.29 is 9.59 Å². The number of rotatable bonds is 8. The zero-order valence-corrected chi connectivity index (χ0v) is 22.3. The van der Waals surface area contributed by atoms with E-state index >= 15 is 0 Å². The van der Waals surface area contributed by atoms with Crippen LogP contribution in [0.5, 0.6) is 0 Å². The lowest BCUT2D eigenvalue weighted by atomic mass is 10.1. The van der Waals surface area contributed by atoms with E-state index in [9.17, 15) is 9.59 Å². The van der Waals surface area contributed by atoms with Crippen LogP contribution in [-0.2, 0) is 24.2 Å². The van der Waals surface area contributed by atoms with Gasteiger partial charge in [-0.15, -0.1) is 0 Å². The van der Waals surface area contributed by atoms with Crippen molar-refractivity contribution in [2.75, 3.05) is 31.1 Å². The van der Waals surface area contributed by atoms with Crippen molar-refractivity contribution in [3.63, 3.8) is 0 Å². The van der Waals surface area contributed by atoms with Gasteiger partial charge < -0.3 is 20.4 Å². The van der Waals surface area contributed by atoms with Crippen LogP contribution in [0.15, 0.2) is 43.0 Å². The predicted octanol–water partition coefficient (Wildman–Crippen LogP) is 3.12. The lowest BCUT2D eigenvalue weighted by Gasteiger charge is -2.42. The molecular weight excluding hydrogens is 504 g/mol. The number of carbonyl (C=O) groups is 2. The highest BCUT2D eigenvalue weighted by atomic mass is 35.5. The number of aryl methyl sites for hydroxylation is 2. The first-order chi connectivity index (χ1) is 18.5. The first kappa shape index (κ1) is 26.0. The molecule has 5 rings (SSSR count). The van der Waals surface area contributed by atoms with Crippen LogP contribution < -0.4 is 15.5 Å². The number of nitrogens with zero attached hydrogens (tertiary/aromatic N) is 6. The molecule has 0 bridgehead atoms. The van der Waals surface area contributed by atoms with E-state index in [4.69, 9.17) is 16.6 Å². The number of piperazine rings is 1. The summed E-state index contributed by atoms with van der Waals surface area (Å²) in [5, 5.41) is 6.32. The van der Waals surface area contributed by atoms with Crippen LogP contribution in [0.2, 0.25) is 5.15 Å². The van der Waals surface area contributed by atoms with E-state index in [2.05, 4.69) is 38.8 Å². The fourth-order valence-electron chi connectivity index (χ4n) is 5.12. The molecule has 1 aromatic carbocycles. The summed E-state index contributed by atoms with van der Waals surface area (Å²) in [6.07, 6.45) is 9.50. The van der Waals surface area contributed by atoms with Gasteiger partial charge >= 0.3 is 6.03 Å². The molecule has 38 heavy (non-hydrogen) atoms. The van der Waals surface area contributed by atoms with Crippen molar-refractivity contribution in [1.82, 2.24) is 35.1 Å². The summed E-state index contributed by atoms with van der Waals surface area (Å²) in [6.45, 7) is 4.52. The van der Waals surface area contributed by atoms with Gasteiger partial charge in [0.1, 0.15) is 17.3 Å². The summed E-state index contributed by atoms with van der Waals surface area (Å²) in [7, 11) is 0. The number of anilines is 1. The molecule has 1 aliphatic heterocycles. The van der Waals surface area contributed by atoms with Crippen molar-refractivity contribution in [2.45, 2.75) is 51.6 Å². The number of imidazole rings is 1. The summed E-state index contributed by atoms with van der Waals surface area (Å²) in [6, 6.07) is 7.78. The minimum atomic E-state index is -0.280. The number of halogens is 1. The van der Waals surface area contributed by atoms with Gasteiger partial charge in [0.25, 0.3) is 0 Å². The lowest BCUT2D eigenvalue weighted by molar-refractivity contribution is -0.121. The Balaban J connectivity index is 1.32. The van der Waals surface area contributed by atoms with E-state index < -0.39 is 0 Å². The third-order valence-corrected chi connectivity index (χ3v) is 7.26. The summed E-state index contributed by atoms with van der Waals surface area (Å²) in [5.41, 5.74) is 3.91. The quantitative estimate of drug-likeness (QED) is 0.428. The Morgan fingerprint density at radius 3 is 2.79 bits per heavy atom. The first-order valence-electron chi connectivity index (χ1n) is 13.2. The standard InChI is InChI=1S/C27H33ClN8O2/c1-2-8-30-27(38)34-11-12-36(24-15-23(28)32-26(33-24)35-10-9-29-18-35)22(17-34)14-25(37)31-16-19-6-7-20-4-3-5-21(20)13-19/h6-7,9-10,13,15,18,22H,2-5,8,11-12,14,16-17H2,1H3,(H,30,38)(H,31,37). The Bertz CT molecular complexity index is 1280. The molecule has 0 spiro atoms. The topological polar surface area (TPSA) is 108 Å². The molecular formula is C27H33ClN8O2. The molecule has 11 heteroatoms. The van der Waals surface area contributed by atoms with Gasteiger partial charge in [0.05, 0.1) is 6.04 Å². The van der Waals surface area contributed by atoms with E-state index in [-0.39, 0.29) is 24.4 Å². The van der Waals surface area contributed by atoms with Gasteiger partial charge in [-0.05, 0) is 42.4 Å². The largest absolute Gasteiger partial charge is 0.352 e. The lowest BCUT2D eigenvalue weighted by Crippen LogP contribution is -2.58. The van der Waals surface area contributed by atoms with Crippen LogP contribution in [0.3, 0.4) is 0 Å². The molecule has 0 radical (unpaired) electrons. The van der Waals surface area contributed by atoms with Gasteiger partial charge in [0.15, 0.2) is 0 Å². The average Bonchev–Trinajstić information content (AvgIpc) is 3.62. The van der Waals surface area contributed by atoms with Crippen LogP contribution in [-0.4, -0.2) is 68.6 Å². The Hall–Kier alpha value is -3.66. The van der Waals surface area contributed by atoms with Crippen molar-refractivity contribution >= 4 is 29.4 Å². The third-order valence-electron chi connectivity index (χ3n) is 7.07. The average molecular weight is 537 g/mol. The maximum absolute atomic E-state index is 13.1. The smallest absolute Gasteiger partial charge is 0.317 e. The highest BCUT2D eigenvalue weighted by Crippen LogP contribution is 2.25. The second kappa shape index (κ2) is 11.8. The maximum atomic E-state index is 13.1. The summed E-state index contributed by atoms with van der Waals surface area (Å²) >= 11 is 6.37. The SMILES string of the molecule is CCCNC(=O)N1CCN(c2cc(Cl)nc(-n3ccnc3)n2)C(CC(=O)NCc2ccc3c(c2)CCC3)C1. The monoisotopic (exact) mass is 536 g/mol. The summed E-state index contributed by atoms with van der Waals surface area (Å²) in [4.78, 5) is 42.8. The van der Waals surface area contributed by atoms with Crippen LogP contribution in [0.1, 0.15) is 42.9 Å². The number of nitrogens with one attached hydrogen (secondary N) is 2. The number of aromatic nitrogens is 4. The molecule has 1 unspecified atom stereocenters. The van der Waals surface area contributed by atoms with Gasteiger partial charge in [0, 0.05) is 57.6 Å². The van der Waals surface area contributed by atoms with Gasteiger partial charge in [-0.25, -0.2) is 14.8 Å². The number of fused-ring (bicyclic) bond motifs is 1. The van der Waals surface area contributed by atoms with Crippen LogP contribution >= 0.6 is 11.6 Å². The van der Waals surface area contributed by atoms with Crippen LogP contribution in [0.25, 0.3) is 5.95 Å². The van der Waals surface area contributed by atoms with E-state index in [0.29, 0.717) is 49.6 Å². The number of carbonyl (C=O) groups excluding carboxylic acids is 2. The summed E-state index contributed by atoms with van der Waals surface area (Å²) < 4.78 is 1.68. The third kappa shape index (κ3) is 6.07. The van der Waals surface area contributed by atoms with Crippen molar-refractivity contribution in [3.05, 3.63) is 64.8 Å². The highest BCUT2D eigenvalue weighted by Gasteiger charge is 2.32. The Morgan fingerprint density at radius 2 is 1.97 bits per heavy atom. The molecule has 3 heterocycles. The highest BCUT2D eigenvalue weighted by molar-refractivity contribution is 6.29. The molecule has 2 aromatic heterocycles. The van der Waals surface area contributed by atoms with Crippen molar-refractivity contribution in [3.8, 4) is 5.95 Å². The van der Waals surface area contributed by atoms with Crippen LogP contribution in [0.4, 0.5) is 10.6 Å². The molecule has 1 atom stereocenters. The molecule has 1 saturated heterocycles. The molecule has 0 saturated carbocycles. The minimum Gasteiger partial charge on any atom is -0.352 e. The second-order valence-corrected chi connectivity index (χ2v) is 10.2. The number of amides is 3. The second-order valence-electron chi connectivity index (χ2n) is 9.78. The fourth-order valence-corrected chi connectivity index (χ4v) is 5.29. The van der Waals surface area contributed by atoms with E-state index in [1.54, 1.807) is 34.3 Å². The number of urea groups is 1. The zero-order valence-electron chi connectivity index (χ0n) is 21.6. The van der Waals surface area contributed by atoms with E-state index in [1.165, 1.54) is 17.5 Å².